The van der Waals surface area contributed by atoms with Gasteiger partial charge in [0.05, 0.1) is 30.6 Å². The van der Waals surface area contributed by atoms with Crippen LogP contribution >= 0.6 is 0 Å². The standard InChI is InChI=1S/C23H24F4N6O/c1-32-11-7-18(16(24)13-32)30-20-6-2-5-19-15(12-23(25,26)27)17(31-33(19)20)4-3-10-29-21(34)22(14-28)8-9-22/h2,5-6,16,18,30H,7-13H2,1H3,(H,29,34)/t16-,18+/m0/s1. The summed E-state index contributed by atoms with van der Waals surface area (Å²) in [4.78, 5) is 13.9. The highest BCUT2D eigenvalue weighted by atomic mass is 19.4. The van der Waals surface area contributed by atoms with Gasteiger partial charge >= 0.3 is 6.18 Å². The van der Waals surface area contributed by atoms with E-state index in [0.29, 0.717) is 31.6 Å². The Hall–Kier alpha value is -3.31. The lowest BCUT2D eigenvalue weighted by Gasteiger charge is -2.33. The predicted octanol–water partition coefficient (Wildman–Crippen LogP) is 2.66. The van der Waals surface area contributed by atoms with E-state index in [1.54, 1.807) is 12.1 Å². The third-order valence-electron chi connectivity index (χ3n) is 6.16. The second-order valence-corrected chi connectivity index (χ2v) is 8.82. The van der Waals surface area contributed by atoms with E-state index in [-0.39, 0.29) is 29.9 Å². The highest BCUT2D eigenvalue weighted by Gasteiger charge is 2.50. The van der Waals surface area contributed by atoms with Crippen LogP contribution < -0.4 is 10.6 Å². The van der Waals surface area contributed by atoms with Crippen molar-refractivity contribution >= 4 is 17.2 Å². The first-order chi connectivity index (χ1) is 16.1. The summed E-state index contributed by atoms with van der Waals surface area (Å²) >= 11 is 0. The molecule has 2 aliphatic rings. The van der Waals surface area contributed by atoms with E-state index in [9.17, 15) is 22.4 Å². The summed E-state index contributed by atoms with van der Waals surface area (Å²) in [5.74, 6) is 5.21. The Morgan fingerprint density at radius 2 is 2.12 bits per heavy atom. The van der Waals surface area contributed by atoms with Crippen molar-refractivity contribution in [1.29, 1.82) is 5.26 Å². The summed E-state index contributed by atoms with van der Waals surface area (Å²) in [6, 6.07) is 6.22. The Kier molecular flexibility index (Phi) is 6.41. The molecule has 3 heterocycles. The number of anilines is 1. The van der Waals surface area contributed by atoms with Gasteiger partial charge in [0.2, 0.25) is 5.91 Å². The number of hydrogen-bond acceptors (Lipinski definition) is 5. The highest BCUT2D eigenvalue weighted by molar-refractivity contribution is 5.88. The van der Waals surface area contributed by atoms with Crippen LogP contribution in [0.25, 0.3) is 5.52 Å². The Morgan fingerprint density at radius 1 is 1.35 bits per heavy atom. The average Bonchev–Trinajstić information content (AvgIpc) is 3.51. The molecule has 2 aromatic heterocycles. The maximum Gasteiger partial charge on any atom is 0.393 e. The molecule has 34 heavy (non-hydrogen) atoms. The predicted molar refractivity (Wildman–Crippen MR) is 117 cm³/mol. The summed E-state index contributed by atoms with van der Waals surface area (Å²) in [5, 5.41) is 19.0. The van der Waals surface area contributed by atoms with Crippen molar-refractivity contribution in [3.8, 4) is 17.9 Å². The minimum atomic E-state index is -4.49. The number of aromatic nitrogens is 2. The van der Waals surface area contributed by atoms with Crippen LogP contribution in [-0.4, -0.2) is 65.5 Å². The number of carbonyl (C=O) groups is 1. The summed E-state index contributed by atoms with van der Waals surface area (Å²) in [5.41, 5.74) is -0.941. The molecule has 0 spiro atoms. The van der Waals surface area contributed by atoms with Crippen LogP contribution in [0.4, 0.5) is 23.4 Å². The number of halogens is 4. The fourth-order valence-electron chi connectivity index (χ4n) is 4.05. The van der Waals surface area contributed by atoms with Gasteiger partial charge in [-0.25, -0.2) is 8.91 Å². The first-order valence-electron chi connectivity index (χ1n) is 11.0. The molecule has 7 nitrogen and oxygen atoms in total. The molecule has 2 atom stereocenters. The molecule has 1 aliphatic carbocycles. The molecule has 11 heteroatoms. The quantitative estimate of drug-likeness (QED) is 0.512. The number of carbonyl (C=O) groups excluding carboxylic acids is 1. The number of hydrogen-bond donors (Lipinski definition) is 2. The minimum absolute atomic E-state index is 0.0672. The van der Waals surface area contributed by atoms with Gasteiger partial charge in [0.25, 0.3) is 0 Å². The van der Waals surface area contributed by atoms with Crippen LogP contribution in [0.1, 0.15) is 30.5 Å². The lowest BCUT2D eigenvalue weighted by atomic mass is 10.0. The number of nitrogens with zero attached hydrogens (tertiary/aromatic N) is 4. The Balaban J connectivity index is 1.59. The van der Waals surface area contributed by atoms with Gasteiger partial charge in [-0.05, 0) is 44.4 Å². The normalized spacial score (nSPS) is 21.9. The number of amides is 1. The van der Waals surface area contributed by atoms with E-state index >= 15 is 0 Å². The van der Waals surface area contributed by atoms with Gasteiger partial charge < -0.3 is 15.5 Å². The van der Waals surface area contributed by atoms with Crippen LogP contribution in [0.15, 0.2) is 18.2 Å². The number of nitrogens with one attached hydrogen (secondary N) is 2. The topological polar surface area (TPSA) is 85.5 Å². The zero-order valence-electron chi connectivity index (χ0n) is 18.5. The molecule has 2 fully saturated rings. The lowest BCUT2D eigenvalue weighted by Crippen LogP contribution is -2.46. The Bertz CT molecular complexity index is 1180. The van der Waals surface area contributed by atoms with Crippen molar-refractivity contribution < 1.29 is 22.4 Å². The number of alkyl halides is 4. The molecule has 1 saturated carbocycles. The third-order valence-corrected chi connectivity index (χ3v) is 6.16. The monoisotopic (exact) mass is 476 g/mol. The van der Waals surface area contributed by atoms with Gasteiger partial charge in [0, 0.05) is 18.7 Å². The van der Waals surface area contributed by atoms with E-state index in [1.807, 2.05) is 18.0 Å². The van der Waals surface area contributed by atoms with Crippen molar-refractivity contribution in [2.24, 2.45) is 5.41 Å². The second-order valence-electron chi connectivity index (χ2n) is 8.82. The number of nitriles is 1. The fourth-order valence-corrected chi connectivity index (χ4v) is 4.05. The van der Waals surface area contributed by atoms with Gasteiger partial charge in [-0.2, -0.15) is 23.5 Å². The summed E-state index contributed by atoms with van der Waals surface area (Å²) in [6.07, 6.45) is -5.34. The van der Waals surface area contributed by atoms with Crippen molar-refractivity contribution in [1.82, 2.24) is 19.8 Å². The Morgan fingerprint density at radius 3 is 2.76 bits per heavy atom. The molecule has 2 aromatic rings. The number of likely N-dealkylation sites (tertiary alicyclic amines) is 1. The molecular weight excluding hydrogens is 452 g/mol. The first-order valence-corrected chi connectivity index (χ1v) is 11.0. The van der Waals surface area contributed by atoms with E-state index in [1.165, 1.54) is 10.6 Å². The summed E-state index contributed by atoms with van der Waals surface area (Å²) < 4.78 is 55.8. The number of pyridine rings is 1. The Labute approximate surface area is 194 Å². The maximum absolute atomic E-state index is 14.5. The first kappa shape index (κ1) is 23.8. The largest absolute Gasteiger partial charge is 0.393 e. The van der Waals surface area contributed by atoms with Gasteiger partial charge in [-0.3, -0.25) is 4.79 Å². The van der Waals surface area contributed by atoms with E-state index < -0.39 is 36.1 Å². The highest BCUT2D eigenvalue weighted by Crippen LogP contribution is 2.44. The summed E-state index contributed by atoms with van der Waals surface area (Å²) in [7, 11) is 1.83. The second kappa shape index (κ2) is 9.15. The maximum atomic E-state index is 14.5. The van der Waals surface area contributed by atoms with E-state index in [4.69, 9.17) is 5.26 Å². The zero-order chi connectivity index (χ0) is 24.5. The van der Waals surface area contributed by atoms with Gasteiger partial charge in [-0.15, -0.1) is 0 Å². The average molecular weight is 476 g/mol. The smallest absolute Gasteiger partial charge is 0.364 e. The van der Waals surface area contributed by atoms with Gasteiger partial charge in [-0.1, -0.05) is 12.0 Å². The third kappa shape index (κ3) is 5.10. The fraction of sp³-hybridized carbons (Fsp3) is 0.522. The molecule has 4 rings (SSSR count). The summed E-state index contributed by atoms with van der Waals surface area (Å²) in [6.45, 7) is 0.843. The van der Waals surface area contributed by atoms with Crippen LogP contribution in [0, 0.1) is 28.6 Å². The van der Waals surface area contributed by atoms with Crippen molar-refractivity contribution in [3.05, 3.63) is 29.5 Å². The molecule has 1 aliphatic heterocycles. The van der Waals surface area contributed by atoms with Crippen molar-refractivity contribution in [2.75, 3.05) is 32.0 Å². The van der Waals surface area contributed by atoms with Gasteiger partial charge in [0.15, 0.2) is 0 Å². The van der Waals surface area contributed by atoms with E-state index in [2.05, 4.69) is 27.6 Å². The van der Waals surface area contributed by atoms with Crippen LogP contribution in [0.2, 0.25) is 0 Å². The molecule has 1 saturated heterocycles. The van der Waals surface area contributed by atoms with E-state index in [0.717, 1.165) is 0 Å². The van der Waals surface area contributed by atoms with Crippen molar-refractivity contribution in [3.63, 3.8) is 0 Å². The van der Waals surface area contributed by atoms with Crippen LogP contribution in [0.5, 0.6) is 0 Å². The lowest BCUT2D eigenvalue weighted by molar-refractivity contribution is -0.127. The molecular formula is C23H24F4N6O. The number of fused-ring (bicyclic) bond motifs is 1. The zero-order valence-corrected chi connectivity index (χ0v) is 18.5. The van der Waals surface area contributed by atoms with Gasteiger partial charge in [0.1, 0.15) is 23.1 Å². The molecule has 180 valence electrons. The van der Waals surface area contributed by atoms with Crippen molar-refractivity contribution in [2.45, 2.75) is 44.1 Å². The molecule has 0 bridgehead atoms. The molecule has 0 unspecified atom stereocenters. The SMILES string of the molecule is CN1CC[C@@H](Nc2cccc3c(CC(F)(F)F)c(C#CCNC(=O)C4(C#N)CC4)nn23)[C@@H](F)C1. The molecule has 0 aromatic carbocycles. The number of piperidine rings is 1. The number of rotatable bonds is 5. The molecule has 0 radical (unpaired) electrons. The minimum Gasteiger partial charge on any atom is -0.364 e. The van der Waals surface area contributed by atoms with Crippen LogP contribution in [-0.2, 0) is 11.2 Å². The molecule has 2 N–H and O–H groups in total. The molecule has 1 amide bonds. The van der Waals surface area contributed by atoms with Crippen LogP contribution in [0.3, 0.4) is 0 Å².